The molecule has 6 heteroatoms. The molecule has 0 aliphatic heterocycles. The van der Waals surface area contributed by atoms with Crippen LogP contribution < -0.4 is 0 Å². The first-order valence-corrected chi connectivity index (χ1v) is 10.9. The molecule has 0 saturated heterocycles. The third-order valence-electron chi connectivity index (χ3n) is 4.34. The van der Waals surface area contributed by atoms with Gasteiger partial charge >= 0.3 is 5.97 Å². The van der Waals surface area contributed by atoms with Crippen LogP contribution in [0.4, 0.5) is 0 Å². The molecule has 0 bridgehead atoms. The zero-order valence-corrected chi connectivity index (χ0v) is 17.0. The van der Waals surface area contributed by atoms with Crippen molar-refractivity contribution >= 4 is 16.1 Å². The second kappa shape index (κ2) is 12.1. The van der Waals surface area contributed by atoms with E-state index >= 15 is 0 Å². The predicted molar refractivity (Wildman–Crippen MR) is 102 cm³/mol. The van der Waals surface area contributed by atoms with Gasteiger partial charge in [-0.15, -0.1) is 0 Å². The average Bonchev–Trinajstić information content (AvgIpc) is 2.62. The second-order valence-corrected chi connectivity index (χ2v) is 8.21. The Kier molecular flexibility index (Phi) is 10.5. The highest BCUT2D eigenvalue weighted by molar-refractivity contribution is 7.86. The summed E-state index contributed by atoms with van der Waals surface area (Å²) in [5.41, 5.74) is 0.951. The average molecular weight is 385 g/mol. The number of carbonyl (C=O) groups excluding carboxylic acids is 1. The summed E-state index contributed by atoms with van der Waals surface area (Å²) in [5.74, 6) is -0.649. The van der Waals surface area contributed by atoms with Crippen molar-refractivity contribution in [3.05, 3.63) is 29.8 Å². The molecule has 0 aliphatic rings. The van der Waals surface area contributed by atoms with Gasteiger partial charge in [-0.3, -0.25) is 4.18 Å². The lowest BCUT2D eigenvalue weighted by Gasteiger charge is -2.15. The topological polar surface area (TPSA) is 69.7 Å². The van der Waals surface area contributed by atoms with Crippen LogP contribution >= 0.6 is 0 Å². The predicted octanol–water partition coefficient (Wildman–Crippen LogP) is 4.77. The number of benzene rings is 1. The lowest BCUT2D eigenvalue weighted by molar-refractivity contribution is -0.149. The first-order chi connectivity index (χ1) is 12.4. The van der Waals surface area contributed by atoms with Gasteiger partial charge in [-0.25, -0.2) is 4.79 Å². The fourth-order valence-corrected chi connectivity index (χ4v) is 3.77. The minimum absolute atomic E-state index is 0.0490. The van der Waals surface area contributed by atoms with Crippen molar-refractivity contribution in [3.8, 4) is 0 Å². The summed E-state index contributed by atoms with van der Waals surface area (Å²) in [6, 6.07) is 6.36. The standard InChI is InChI=1S/C20H32O5S/c1-4-5-6-7-8-9-10-11-12-19(20(21)24-3)25-26(22,23)18-15-13-17(2)14-16-18/h13-16,19H,4-12H2,1-3H3. The van der Waals surface area contributed by atoms with Crippen molar-refractivity contribution in [2.75, 3.05) is 7.11 Å². The van der Waals surface area contributed by atoms with Crippen molar-refractivity contribution < 1.29 is 22.1 Å². The Balaban J connectivity index is 2.51. The van der Waals surface area contributed by atoms with E-state index in [0.717, 1.165) is 24.8 Å². The van der Waals surface area contributed by atoms with Crippen LogP contribution in [0.5, 0.6) is 0 Å². The van der Waals surface area contributed by atoms with E-state index in [-0.39, 0.29) is 4.90 Å². The maximum absolute atomic E-state index is 12.4. The molecule has 0 saturated carbocycles. The van der Waals surface area contributed by atoms with Crippen LogP contribution in [-0.2, 0) is 23.8 Å². The molecule has 1 unspecified atom stereocenters. The summed E-state index contributed by atoms with van der Waals surface area (Å²) in [6.45, 7) is 4.06. The minimum atomic E-state index is -3.99. The first kappa shape index (κ1) is 22.6. The number of ether oxygens (including phenoxy) is 1. The van der Waals surface area contributed by atoms with E-state index in [1.165, 1.54) is 51.3 Å². The van der Waals surface area contributed by atoms with Crippen LogP contribution in [0.1, 0.15) is 70.3 Å². The van der Waals surface area contributed by atoms with E-state index in [4.69, 9.17) is 8.92 Å². The Morgan fingerprint density at radius 2 is 1.50 bits per heavy atom. The van der Waals surface area contributed by atoms with E-state index in [1.54, 1.807) is 12.1 Å². The number of hydrogen-bond donors (Lipinski definition) is 0. The third-order valence-corrected chi connectivity index (χ3v) is 5.67. The van der Waals surface area contributed by atoms with Gasteiger partial charge in [0.2, 0.25) is 0 Å². The zero-order chi connectivity index (χ0) is 19.4. The molecule has 0 N–H and O–H groups in total. The fourth-order valence-electron chi connectivity index (χ4n) is 2.71. The summed E-state index contributed by atoms with van der Waals surface area (Å²) in [5, 5.41) is 0. The molecule has 0 amide bonds. The molecule has 148 valence electrons. The number of carbonyl (C=O) groups is 1. The van der Waals surface area contributed by atoms with Crippen LogP contribution in [0.15, 0.2) is 29.2 Å². The minimum Gasteiger partial charge on any atom is -0.467 e. The molecule has 1 aromatic carbocycles. The van der Waals surface area contributed by atoms with Crippen LogP contribution in [-0.4, -0.2) is 27.6 Å². The van der Waals surface area contributed by atoms with Crippen molar-refractivity contribution in [2.45, 2.75) is 82.6 Å². The lowest BCUT2D eigenvalue weighted by atomic mass is 10.1. The lowest BCUT2D eigenvalue weighted by Crippen LogP contribution is -2.28. The summed E-state index contributed by atoms with van der Waals surface area (Å²) >= 11 is 0. The molecule has 1 rings (SSSR count). The van der Waals surface area contributed by atoms with Crippen molar-refractivity contribution in [1.82, 2.24) is 0 Å². The molecule has 0 aromatic heterocycles. The van der Waals surface area contributed by atoms with Crippen LogP contribution in [0.25, 0.3) is 0 Å². The molecular weight excluding hydrogens is 352 g/mol. The molecule has 5 nitrogen and oxygen atoms in total. The summed E-state index contributed by atoms with van der Waals surface area (Å²) < 4.78 is 34.6. The van der Waals surface area contributed by atoms with E-state index < -0.39 is 22.2 Å². The monoisotopic (exact) mass is 384 g/mol. The summed E-state index contributed by atoms with van der Waals surface area (Å²) in [4.78, 5) is 12.0. The smallest absolute Gasteiger partial charge is 0.336 e. The number of methoxy groups -OCH3 is 1. The Morgan fingerprint density at radius 1 is 0.962 bits per heavy atom. The van der Waals surface area contributed by atoms with Gasteiger partial charge in [-0.1, -0.05) is 76.0 Å². The van der Waals surface area contributed by atoms with Gasteiger partial charge in [-0.05, 0) is 25.5 Å². The highest BCUT2D eigenvalue weighted by Gasteiger charge is 2.27. The van der Waals surface area contributed by atoms with Gasteiger partial charge in [-0.2, -0.15) is 8.42 Å². The van der Waals surface area contributed by atoms with E-state index in [9.17, 15) is 13.2 Å². The number of rotatable bonds is 13. The van der Waals surface area contributed by atoms with Gasteiger partial charge in [0.1, 0.15) is 0 Å². The Bertz CT molecular complexity index is 622. The summed E-state index contributed by atoms with van der Waals surface area (Å²) in [6.07, 6.45) is 8.19. The normalized spacial score (nSPS) is 12.7. The van der Waals surface area contributed by atoms with Gasteiger partial charge in [0.25, 0.3) is 10.1 Å². The first-order valence-electron chi connectivity index (χ1n) is 9.48. The molecule has 26 heavy (non-hydrogen) atoms. The fraction of sp³-hybridized carbons (Fsp3) is 0.650. The van der Waals surface area contributed by atoms with Gasteiger partial charge in [0.05, 0.1) is 12.0 Å². The zero-order valence-electron chi connectivity index (χ0n) is 16.2. The molecule has 0 heterocycles. The molecule has 0 fully saturated rings. The highest BCUT2D eigenvalue weighted by atomic mass is 32.2. The molecule has 0 spiro atoms. The summed E-state index contributed by atoms with van der Waals surface area (Å²) in [7, 11) is -2.75. The van der Waals surface area contributed by atoms with Crippen LogP contribution in [0.2, 0.25) is 0 Å². The maximum atomic E-state index is 12.4. The van der Waals surface area contributed by atoms with Gasteiger partial charge in [0, 0.05) is 0 Å². The number of esters is 1. The van der Waals surface area contributed by atoms with Crippen molar-refractivity contribution in [2.24, 2.45) is 0 Å². The Labute approximate surface area is 158 Å². The van der Waals surface area contributed by atoms with E-state index in [2.05, 4.69) is 6.92 Å². The quantitative estimate of drug-likeness (QED) is 0.278. The molecular formula is C20H32O5S. The Hall–Kier alpha value is -1.40. The molecule has 0 radical (unpaired) electrons. The number of unbranched alkanes of at least 4 members (excludes halogenated alkanes) is 7. The largest absolute Gasteiger partial charge is 0.467 e. The van der Waals surface area contributed by atoms with Crippen molar-refractivity contribution in [3.63, 3.8) is 0 Å². The maximum Gasteiger partial charge on any atom is 0.336 e. The highest BCUT2D eigenvalue weighted by Crippen LogP contribution is 2.19. The number of hydrogen-bond acceptors (Lipinski definition) is 5. The Morgan fingerprint density at radius 3 is 2.04 bits per heavy atom. The SMILES string of the molecule is CCCCCCCCCCC(OS(=O)(=O)c1ccc(C)cc1)C(=O)OC. The molecule has 1 atom stereocenters. The van der Waals surface area contributed by atoms with E-state index in [1.807, 2.05) is 6.92 Å². The van der Waals surface area contributed by atoms with E-state index in [0.29, 0.717) is 6.42 Å². The molecule has 0 aliphatic carbocycles. The molecule has 1 aromatic rings. The third kappa shape index (κ3) is 8.32. The second-order valence-electron chi connectivity index (χ2n) is 6.64. The van der Waals surface area contributed by atoms with Crippen LogP contribution in [0.3, 0.4) is 0 Å². The van der Waals surface area contributed by atoms with Gasteiger partial charge < -0.3 is 4.74 Å². The van der Waals surface area contributed by atoms with Crippen molar-refractivity contribution in [1.29, 1.82) is 0 Å². The van der Waals surface area contributed by atoms with Crippen LogP contribution in [0, 0.1) is 6.92 Å². The number of aryl methyl sites for hydroxylation is 1. The van der Waals surface area contributed by atoms with Gasteiger partial charge in [0.15, 0.2) is 6.10 Å².